The van der Waals surface area contributed by atoms with Crippen LogP contribution in [0.3, 0.4) is 0 Å². The summed E-state index contributed by atoms with van der Waals surface area (Å²) in [6.07, 6.45) is 6.24. The van der Waals surface area contributed by atoms with Gasteiger partial charge in [0.2, 0.25) is 0 Å². The van der Waals surface area contributed by atoms with E-state index < -0.39 is 0 Å². The first kappa shape index (κ1) is 21.8. The molecular formula is C26H27NO5. The van der Waals surface area contributed by atoms with E-state index in [1.165, 1.54) is 12.1 Å². The monoisotopic (exact) mass is 433 g/mol. The van der Waals surface area contributed by atoms with Crippen LogP contribution in [-0.2, 0) is 20.7 Å². The zero-order chi connectivity index (χ0) is 22.5. The molecule has 0 radical (unpaired) electrons. The number of aromatic hydroxyl groups is 1. The topological polar surface area (TPSA) is 77.8 Å². The molecule has 0 amide bonds. The predicted molar refractivity (Wildman–Crippen MR) is 123 cm³/mol. The largest absolute Gasteiger partial charge is 0.508 e. The van der Waals surface area contributed by atoms with E-state index in [1.54, 1.807) is 29.7 Å². The van der Waals surface area contributed by atoms with Crippen LogP contribution in [0, 0.1) is 6.92 Å². The van der Waals surface area contributed by atoms with Gasteiger partial charge in [0, 0.05) is 23.8 Å². The summed E-state index contributed by atoms with van der Waals surface area (Å²) in [5.74, 6) is -0.527. The number of esters is 1. The molecule has 2 aromatic carbocycles. The molecule has 1 aromatic heterocycles. The highest BCUT2D eigenvalue weighted by Crippen LogP contribution is 2.30. The average Bonchev–Trinajstić information content (AvgIpc) is 3.08. The number of carbonyl (C=O) groups excluding carboxylic acids is 2. The van der Waals surface area contributed by atoms with E-state index in [4.69, 9.17) is 9.47 Å². The molecule has 1 N–H and O–H groups in total. The van der Waals surface area contributed by atoms with Gasteiger partial charge in [0.15, 0.2) is 0 Å². The molecular weight excluding hydrogens is 406 g/mol. The Balaban J connectivity index is 1.58. The zero-order valence-corrected chi connectivity index (χ0v) is 18.1. The molecule has 0 spiro atoms. The van der Waals surface area contributed by atoms with Crippen LogP contribution in [0.1, 0.15) is 40.9 Å². The van der Waals surface area contributed by atoms with Crippen LogP contribution in [-0.4, -0.2) is 40.9 Å². The molecule has 0 saturated carbocycles. The number of phenolic OH excluding ortho intramolecular Hbond substituents is 1. The predicted octanol–water partition coefficient (Wildman–Crippen LogP) is 4.66. The third kappa shape index (κ3) is 4.92. The number of aromatic nitrogens is 1. The summed E-state index contributed by atoms with van der Waals surface area (Å²) < 4.78 is 12.7. The molecule has 166 valence electrons. The number of nitrogens with zero attached hydrogens (tertiary/aromatic N) is 1. The van der Waals surface area contributed by atoms with Gasteiger partial charge >= 0.3 is 5.97 Å². The summed E-state index contributed by atoms with van der Waals surface area (Å²) in [4.78, 5) is 25.6. The fourth-order valence-electron chi connectivity index (χ4n) is 4.10. The van der Waals surface area contributed by atoms with Gasteiger partial charge in [-0.1, -0.05) is 30.3 Å². The van der Waals surface area contributed by atoms with Crippen molar-refractivity contribution >= 4 is 28.9 Å². The van der Waals surface area contributed by atoms with Crippen molar-refractivity contribution in [3.63, 3.8) is 0 Å². The number of hydrogen-bond donors (Lipinski definition) is 1. The minimum absolute atomic E-state index is 0.0151. The second-order valence-electron chi connectivity index (χ2n) is 8.03. The number of rotatable bonds is 6. The van der Waals surface area contributed by atoms with Gasteiger partial charge in [0.1, 0.15) is 12.4 Å². The number of carbonyl (C=O) groups is 2. The van der Waals surface area contributed by atoms with Crippen LogP contribution >= 0.6 is 0 Å². The summed E-state index contributed by atoms with van der Waals surface area (Å²) in [6, 6.07) is 14.4. The summed E-state index contributed by atoms with van der Waals surface area (Å²) >= 11 is 0. The van der Waals surface area contributed by atoms with Gasteiger partial charge < -0.3 is 14.6 Å². The van der Waals surface area contributed by atoms with E-state index in [0.29, 0.717) is 28.8 Å². The zero-order valence-electron chi connectivity index (χ0n) is 18.1. The molecule has 4 rings (SSSR count). The maximum absolute atomic E-state index is 13.1. The Morgan fingerprint density at radius 2 is 2.00 bits per heavy atom. The number of fused-ring (bicyclic) bond motifs is 1. The molecule has 0 aliphatic carbocycles. The van der Waals surface area contributed by atoms with Crippen LogP contribution in [0.4, 0.5) is 0 Å². The lowest BCUT2D eigenvalue weighted by atomic mass is 10.1. The molecule has 1 saturated heterocycles. The molecule has 1 unspecified atom stereocenters. The molecule has 0 bridgehead atoms. The van der Waals surface area contributed by atoms with Gasteiger partial charge in [-0.15, -0.1) is 0 Å². The van der Waals surface area contributed by atoms with Crippen molar-refractivity contribution in [2.24, 2.45) is 0 Å². The number of ether oxygens (including phenoxy) is 2. The van der Waals surface area contributed by atoms with Crippen molar-refractivity contribution in [3.05, 3.63) is 71.4 Å². The van der Waals surface area contributed by atoms with Gasteiger partial charge in [0.25, 0.3) is 5.91 Å². The van der Waals surface area contributed by atoms with E-state index >= 15 is 0 Å². The Bertz CT molecular complexity index is 1140. The molecule has 6 heteroatoms. The fraction of sp³-hybridized carbons (Fsp3) is 0.308. The Morgan fingerprint density at radius 1 is 1.19 bits per heavy atom. The van der Waals surface area contributed by atoms with Crippen LogP contribution in [0.25, 0.3) is 17.0 Å². The molecule has 6 nitrogen and oxygen atoms in total. The molecule has 1 aliphatic heterocycles. The first-order valence-electron chi connectivity index (χ1n) is 10.9. The van der Waals surface area contributed by atoms with Crippen molar-refractivity contribution in [2.75, 3.05) is 13.2 Å². The quantitative estimate of drug-likeness (QED) is 0.452. The van der Waals surface area contributed by atoms with Crippen LogP contribution in [0.15, 0.2) is 54.6 Å². The normalized spacial score (nSPS) is 16.5. The lowest BCUT2D eigenvalue weighted by Gasteiger charge is -2.22. The molecule has 1 aliphatic rings. The minimum Gasteiger partial charge on any atom is -0.508 e. The maximum atomic E-state index is 13.1. The van der Waals surface area contributed by atoms with Gasteiger partial charge in [0.05, 0.1) is 18.0 Å². The summed E-state index contributed by atoms with van der Waals surface area (Å²) in [7, 11) is 0. The first-order chi connectivity index (χ1) is 15.5. The Kier molecular flexibility index (Phi) is 6.71. The Hall–Kier alpha value is -3.38. The van der Waals surface area contributed by atoms with Crippen LogP contribution < -0.4 is 0 Å². The maximum Gasteiger partial charge on any atom is 0.310 e. The second-order valence-corrected chi connectivity index (χ2v) is 8.03. The number of hydrogen-bond acceptors (Lipinski definition) is 5. The van der Waals surface area contributed by atoms with E-state index in [-0.39, 0.29) is 36.8 Å². The lowest BCUT2D eigenvalue weighted by Crippen LogP contribution is -2.26. The fourth-order valence-corrected chi connectivity index (χ4v) is 4.10. The summed E-state index contributed by atoms with van der Waals surface area (Å²) in [5, 5.41) is 10.7. The van der Waals surface area contributed by atoms with Crippen LogP contribution in [0.5, 0.6) is 5.75 Å². The molecule has 3 aromatic rings. The molecule has 2 heterocycles. The highest BCUT2D eigenvalue weighted by Gasteiger charge is 2.22. The summed E-state index contributed by atoms with van der Waals surface area (Å²) in [6.45, 7) is 2.74. The third-order valence-electron chi connectivity index (χ3n) is 5.78. The standard InChI is InChI=1S/C26H27NO5/c1-18-22(16-26(30)32-17-21-9-5-6-14-31-21)23-15-20(28)11-12-24(23)27(18)25(29)13-10-19-7-3-2-4-8-19/h2-4,7-8,10-13,15,21,28H,5-6,9,14,16-17H2,1H3/b13-10+. The van der Waals surface area contributed by atoms with E-state index in [0.717, 1.165) is 24.8 Å². The highest BCUT2D eigenvalue weighted by atomic mass is 16.6. The van der Waals surface area contributed by atoms with E-state index in [1.807, 2.05) is 30.3 Å². The second kappa shape index (κ2) is 9.83. The van der Waals surface area contributed by atoms with Crippen molar-refractivity contribution in [2.45, 2.75) is 38.7 Å². The van der Waals surface area contributed by atoms with Crippen molar-refractivity contribution in [1.82, 2.24) is 4.57 Å². The van der Waals surface area contributed by atoms with E-state index in [2.05, 4.69) is 0 Å². The van der Waals surface area contributed by atoms with Crippen molar-refractivity contribution in [3.8, 4) is 5.75 Å². The average molecular weight is 434 g/mol. The molecule has 32 heavy (non-hydrogen) atoms. The molecule has 1 fully saturated rings. The third-order valence-corrected chi connectivity index (χ3v) is 5.78. The summed E-state index contributed by atoms with van der Waals surface area (Å²) in [5.41, 5.74) is 2.88. The highest BCUT2D eigenvalue weighted by molar-refractivity contribution is 6.03. The van der Waals surface area contributed by atoms with Gasteiger partial charge in [-0.25, -0.2) is 0 Å². The van der Waals surface area contributed by atoms with E-state index in [9.17, 15) is 14.7 Å². The van der Waals surface area contributed by atoms with Crippen molar-refractivity contribution < 1.29 is 24.2 Å². The number of phenols is 1. The Labute approximate surface area is 187 Å². The first-order valence-corrected chi connectivity index (χ1v) is 10.9. The van der Waals surface area contributed by atoms with Crippen LogP contribution in [0.2, 0.25) is 0 Å². The van der Waals surface area contributed by atoms with Gasteiger partial charge in [-0.3, -0.25) is 14.2 Å². The van der Waals surface area contributed by atoms with Crippen molar-refractivity contribution in [1.29, 1.82) is 0 Å². The van der Waals surface area contributed by atoms with Gasteiger partial charge in [-0.2, -0.15) is 0 Å². The Morgan fingerprint density at radius 3 is 2.75 bits per heavy atom. The number of benzene rings is 2. The number of allylic oxidation sites excluding steroid dienone is 1. The van der Waals surface area contributed by atoms with Gasteiger partial charge in [-0.05, 0) is 61.6 Å². The lowest BCUT2D eigenvalue weighted by molar-refractivity contribution is -0.148. The smallest absolute Gasteiger partial charge is 0.310 e. The minimum atomic E-state index is -0.378. The SMILES string of the molecule is Cc1c(CC(=O)OCC2CCCCO2)c2cc(O)ccc2n1C(=O)/C=C/c1ccccc1. The molecule has 1 atom stereocenters.